The van der Waals surface area contributed by atoms with E-state index in [0.29, 0.717) is 22.3 Å². The molecule has 0 aliphatic heterocycles. The van der Waals surface area contributed by atoms with E-state index in [2.05, 4.69) is 0 Å². The van der Waals surface area contributed by atoms with Crippen LogP contribution in [-0.2, 0) is 19.4 Å². The quantitative estimate of drug-likeness (QED) is 0.906. The zero-order chi connectivity index (χ0) is 14.8. The average molecular weight is 282 g/mol. The molecule has 0 saturated heterocycles. The molecule has 0 fully saturated rings. The molecule has 0 spiro atoms. The number of hydrogen-bond donors (Lipinski definition) is 2. The molecule has 0 aliphatic rings. The molecule has 106 valence electrons. The van der Waals surface area contributed by atoms with Crippen LogP contribution in [0.1, 0.15) is 16.7 Å². The summed E-state index contributed by atoms with van der Waals surface area (Å²) in [6, 6.07) is 9.78. The molecule has 0 heterocycles. The lowest BCUT2D eigenvalue weighted by molar-refractivity contribution is -0.137. The van der Waals surface area contributed by atoms with Crippen LogP contribution in [0.4, 0.5) is 13.2 Å². The second-order valence-electron chi connectivity index (χ2n) is 4.43. The molecule has 0 amide bonds. The van der Waals surface area contributed by atoms with Gasteiger partial charge in [-0.1, -0.05) is 18.2 Å². The van der Waals surface area contributed by atoms with E-state index >= 15 is 0 Å². The predicted octanol–water partition coefficient (Wildman–Crippen LogP) is 3.36. The predicted molar refractivity (Wildman–Crippen MR) is 68.7 cm³/mol. The summed E-state index contributed by atoms with van der Waals surface area (Å²) in [7, 11) is 0. The van der Waals surface area contributed by atoms with Gasteiger partial charge in [0.15, 0.2) is 0 Å². The maximum Gasteiger partial charge on any atom is 0.416 e. The van der Waals surface area contributed by atoms with E-state index in [1.807, 2.05) is 0 Å². The van der Waals surface area contributed by atoms with Gasteiger partial charge in [0.05, 0.1) is 18.8 Å². The molecule has 0 radical (unpaired) electrons. The minimum Gasteiger partial charge on any atom is -0.392 e. The maximum absolute atomic E-state index is 12.7. The normalized spacial score (nSPS) is 11.7. The van der Waals surface area contributed by atoms with Crippen molar-refractivity contribution in [2.75, 3.05) is 0 Å². The molecule has 0 aliphatic carbocycles. The Bertz CT molecular complexity index is 584. The van der Waals surface area contributed by atoms with Crippen molar-refractivity contribution >= 4 is 0 Å². The van der Waals surface area contributed by atoms with Crippen LogP contribution in [0.25, 0.3) is 11.1 Å². The molecule has 0 atom stereocenters. The Balaban J connectivity index is 2.51. The van der Waals surface area contributed by atoms with Crippen molar-refractivity contribution in [2.24, 2.45) is 0 Å². The molecule has 2 rings (SSSR count). The van der Waals surface area contributed by atoms with Crippen LogP contribution in [0.5, 0.6) is 0 Å². The van der Waals surface area contributed by atoms with Crippen molar-refractivity contribution in [3.05, 3.63) is 59.2 Å². The fourth-order valence-corrected chi connectivity index (χ4v) is 1.99. The van der Waals surface area contributed by atoms with E-state index in [1.165, 1.54) is 6.07 Å². The van der Waals surface area contributed by atoms with Crippen LogP contribution in [-0.4, -0.2) is 10.2 Å². The third-order valence-corrected chi connectivity index (χ3v) is 2.94. The lowest BCUT2D eigenvalue weighted by Gasteiger charge is -2.11. The molecule has 0 saturated carbocycles. The molecule has 0 bridgehead atoms. The van der Waals surface area contributed by atoms with Crippen molar-refractivity contribution in [1.29, 1.82) is 0 Å². The van der Waals surface area contributed by atoms with Crippen LogP contribution in [0.2, 0.25) is 0 Å². The van der Waals surface area contributed by atoms with Crippen LogP contribution in [0, 0.1) is 0 Å². The lowest BCUT2D eigenvalue weighted by atomic mass is 9.98. The summed E-state index contributed by atoms with van der Waals surface area (Å²) in [4.78, 5) is 0. The van der Waals surface area contributed by atoms with Gasteiger partial charge in [-0.2, -0.15) is 13.2 Å². The van der Waals surface area contributed by atoms with E-state index in [1.54, 1.807) is 24.3 Å². The van der Waals surface area contributed by atoms with Crippen LogP contribution >= 0.6 is 0 Å². The van der Waals surface area contributed by atoms with E-state index in [0.717, 1.165) is 12.1 Å². The Morgan fingerprint density at radius 3 is 1.90 bits per heavy atom. The van der Waals surface area contributed by atoms with E-state index in [9.17, 15) is 13.2 Å². The number of benzene rings is 2. The fourth-order valence-electron chi connectivity index (χ4n) is 1.99. The van der Waals surface area contributed by atoms with E-state index in [-0.39, 0.29) is 13.2 Å². The number of alkyl halides is 3. The maximum atomic E-state index is 12.7. The first-order valence-corrected chi connectivity index (χ1v) is 5.96. The second kappa shape index (κ2) is 5.64. The van der Waals surface area contributed by atoms with E-state index < -0.39 is 11.7 Å². The van der Waals surface area contributed by atoms with Gasteiger partial charge >= 0.3 is 6.18 Å². The molecule has 20 heavy (non-hydrogen) atoms. The van der Waals surface area contributed by atoms with Crippen LogP contribution in [0.3, 0.4) is 0 Å². The van der Waals surface area contributed by atoms with Crippen LogP contribution < -0.4 is 0 Å². The van der Waals surface area contributed by atoms with Gasteiger partial charge < -0.3 is 10.2 Å². The summed E-state index contributed by atoms with van der Waals surface area (Å²) in [5.74, 6) is 0. The summed E-state index contributed by atoms with van der Waals surface area (Å²) in [5.41, 5.74) is 1.29. The Labute approximate surface area is 114 Å². The number of aliphatic hydroxyl groups is 2. The molecular formula is C15H13F3O2. The van der Waals surface area contributed by atoms with Crippen molar-refractivity contribution in [1.82, 2.24) is 0 Å². The highest BCUT2D eigenvalue weighted by molar-refractivity contribution is 5.66. The van der Waals surface area contributed by atoms with E-state index in [4.69, 9.17) is 10.2 Å². The van der Waals surface area contributed by atoms with Crippen molar-refractivity contribution in [2.45, 2.75) is 19.4 Å². The van der Waals surface area contributed by atoms with Crippen molar-refractivity contribution < 1.29 is 23.4 Å². The van der Waals surface area contributed by atoms with Gasteiger partial charge in [0.1, 0.15) is 0 Å². The lowest BCUT2D eigenvalue weighted by Crippen LogP contribution is -2.04. The highest BCUT2D eigenvalue weighted by Gasteiger charge is 2.30. The Hall–Kier alpha value is -1.85. The largest absolute Gasteiger partial charge is 0.416 e. The second-order valence-corrected chi connectivity index (χ2v) is 4.43. The number of aliphatic hydroxyl groups excluding tert-OH is 2. The molecule has 2 aromatic rings. The third kappa shape index (κ3) is 3.18. The number of halogens is 3. The highest BCUT2D eigenvalue weighted by Crippen LogP contribution is 2.32. The van der Waals surface area contributed by atoms with Gasteiger partial charge in [-0.15, -0.1) is 0 Å². The Kier molecular flexibility index (Phi) is 4.11. The SMILES string of the molecule is OCc1cc(CO)cc(-c2cccc(C(F)(F)F)c2)c1. The summed E-state index contributed by atoms with van der Waals surface area (Å²) in [6.07, 6.45) is -4.40. The first-order valence-electron chi connectivity index (χ1n) is 5.96. The molecular weight excluding hydrogens is 269 g/mol. The van der Waals surface area contributed by atoms with Gasteiger partial charge in [-0.25, -0.2) is 0 Å². The first-order chi connectivity index (χ1) is 9.44. The molecule has 2 N–H and O–H groups in total. The monoisotopic (exact) mass is 282 g/mol. The molecule has 5 heteroatoms. The molecule has 2 aromatic carbocycles. The van der Waals surface area contributed by atoms with Crippen LogP contribution in [0.15, 0.2) is 42.5 Å². The molecule has 0 unspecified atom stereocenters. The summed E-state index contributed by atoms with van der Waals surface area (Å²) in [6.45, 7) is -0.473. The topological polar surface area (TPSA) is 40.5 Å². The summed E-state index contributed by atoms with van der Waals surface area (Å²) < 4.78 is 38.1. The van der Waals surface area contributed by atoms with Gasteiger partial charge in [0.25, 0.3) is 0 Å². The standard InChI is InChI=1S/C15H13F3O2/c16-15(17,18)14-3-1-2-12(7-14)13-5-10(8-19)4-11(6-13)9-20/h1-7,19-20H,8-9H2. The minimum atomic E-state index is -4.40. The summed E-state index contributed by atoms with van der Waals surface area (Å²) in [5, 5.41) is 18.3. The van der Waals surface area contributed by atoms with Crippen molar-refractivity contribution in [3.8, 4) is 11.1 Å². The Morgan fingerprint density at radius 2 is 1.40 bits per heavy atom. The van der Waals surface area contributed by atoms with Gasteiger partial charge in [-0.3, -0.25) is 0 Å². The minimum absolute atomic E-state index is 0.236. The highest BCUT2D eigenvalue weighted by atomic mass is 19.4. The fraction of sp³-hybridized carbons (Fsp3) is 0.200. The first kappa shape index (κ1) is 14.6. The molecule has 2 nitrogen and oxygen atoms in total. The van der Waals surface area contributed by atoms with Gasteiger partial charge in [0, 0.05) is 0 Å². The zero-order valence-electron chi connectivity index (χ0n) is 10.5. The van der Waals surface area contributed by atoms with Crippen molar-refractivity contribution in [3.63, 3.8) is 0 Å². The smallest absolute Gasteiger partial charge is 0.392 e. The van der Waals surface area contributed by atoms with Gasteiger partial charge in [0.2, 0.25) is 0 Å². The Morgan fingerprint density at radius 1 is 0.800 bits per heavy atom. The molecule has 0 aromatic heterocycles. The number of hydrogen-bond acceptors (Lipinski definition) is 2. The third-order valence-electron chi connectivity index (χ3n) is 2.94. The average Bonchev–Trinajstić information content (AvgIpc) is 2.46. The van der Waals surface area contributed by atoms with Gasteiger partial charge in [-0.05, 0) is 46.5 Å². The zero-order valence-corrected chi connectivity index (χ0v) is 10.5. The summed E-state index contributed by atoms with van der Waals surface area (Å²) >= 11 is 0. The number of rotatable bonds is 3.